The van der Waals surface area contributed by atoms with Gasteiger partial charge in [0.05, 0.1) is 17.0 Å². The molecular formula is C25H24Cl4N2O6S. The fourth-order valence-corrected chi connectivity index (χ4v) is 5.55. The van der Waals surface area contributed by atoms with E-state index in [0.717, 1.165) is 10.5 Å². The summed E-state index contributed by atoms with van der Waals surface area (Å²) in [6, 6.07) is 15.0. The molecule has 5 atom stereocenters. The summed E-state index contributed by atoms with van der Waals surface area (Å²) in [4.78, 5) is 39.4. The van der Waals surface area contributed by atoms with Crippen LogP contribution in [0.3, 0.4) is 0 Å². The molecule has 2 amide bonds. The molecule has 0 radical (unpaired) electrons. The lowest BCUT2D eigenvalue weighted by molar-refractivity contribution is -0.161. The van der Waals surface area contributed by atoms with Crippen molar-refractivity contribution >= 4 is 73.7 Å². The lowest BCUT2D eigenvalue weighted by Gasteiger charge is -2.47. The number of hydrogen-bond acceptors (Lipinski definition) is 5. The standard InChI is InChI=1S/C25H24Cl4N2O6S/c1-15(12-13-25(26,27)28)19(24(34)35)31-22(33)18(23(31)38(29)36)30-21(32)20(17-10-6-3-7-11-17)37-14-16-8-4-2-5-9-16/h2-12,18-20,23H,13-14H2,1H3,(H,30,32)(H,34,35). The highest BCUT2D eigenvalue weighted by Crippen LogP contribution is 2.35. The largest absolute Gasteiger partial charge is 0.597 e. The molecule has 38 heavy (non-hydrogen) atoms. The van der Waals surface area contributed by atoms with Crippen molar-refractivity contribution in [2.75, 3.05) is 0 Å². The third-order valence-electron chi connectivity index (χ3n) is 5.77. The van der Waals surface area contributed by atoms with Crippen LogP contribution in [-0.2, 0) is 36.1 Å². The molecule has 2 N–H and O–H groups in total. The number of carboxylic acids is 1. The van der Waals surface area contributed by atoms with Crippen LogP contribution in [0.4, 0.5) is 0 Å². The normalized spacial score (nSPS) is 20.3. The first-order valence-electron chi connectivity index (χ1n) is 11.3. The van der Waals surface area contributed by atoms with Crippen molar-refractivity contribution < 1.29 is 28.8 Å². The second-order valence-corrected chi connectivity index (χ2v) is 12.9. The average Bonchev–Trinajstić information content (AvgIpc) is 2.86. The van der Waals surface area contributed by atoms with E-state index < -0.39 is 55.5 Å². The third kappa shape index (κ3) is 7.79. The number of alkyl halides is 3. The highest BCUT2D eigenvalue weighted by Gasteiger charge is 2.60. The van der Waals surface area contributed by atoms with Gasteiger partial charge in [-0.3, -0.25) is 14.5 Å². The van der Waals surface area contributed by atoms with Crippen molar-refractivity contribution in [3.8, 4) is 0 Å². The third-order valence-corrected chi connectivity index (χ3v) is 7.66. The summed E-state index contributed by atoms with van der Waals surface area (Å²) in [7, 11) is 3.65. The van der Waals surface area contributed by atoms with Crippen LogP contribution in [0.15, 0.2) is 72.3 Å². The molecule has 3 rings (SSSR count). The Kier molecular flexibility index (Phi) is 10.8. The van der Waals surface area contributed by atoms with Crippen LogP contribution in [0.1, 0.15) is 30.6 Å². The number of carbonyl (C=O) groups excluding carboxylic acids is 2. The fraction of sp³-hybridized carbons (Fsp3) is 0.320. The van der Waals surface area contributed by atoms with Crippen molar-refractivity contribution in [2.24, 2.45) is 0 Å². The number of carboxylic acid groups (broad SMARTS) is 1. The summed E-state index contributed by atoms with van der Waals surface area (Å²) < 4.78 is 16.6. The lowest BCUT2D eigenvalue weighted by atomic mass is 9.97. The first-order chi connectivity index (χ1) is 17.9. The minimum atomic E-state index is -2.23. The SMILES string of the molecule is CC(=CCC(Cl)(Cl)Cl)C(C(=O)O)N1C(=O)C(NC(=O)C(OCc2ccccc2)c2ccccc2)C1[S+]([O-])Cl. The maximum Gasteiger partial charge on any atom is 0.330 e. The van der Waals surface area contributed by atoms with Gasteiger partial charge in [0, 0.05) is 6.42 Å². The Balaban J connectivity index is 1.81. The van der Waals surface area contributed by atoms with Crippen molar-refractivity contribution in [3.63, 3.8) is 0 Å². The van der Waals surface area contributed by atoms with Crippen LogP contribution in [0, 0.1) is 0 Å². The van der Waals surface area contributed by atoms with Crippen LogP contribution in [0.5, 0.6) is 0 Å². The Hall–Kier alpha value is -1.98. The Bertz CT molecular complexity index is 1160. The van der Waals surface area contributed by atoms with Gasteiger partial charge in [-0.15, -0.1) is 0 Å². The van der Waals surface area contributed by atoms with Gasteiger partial charge in [-0.25, -0.2) is 4.79 Å². The van der Waals surface area contributed by atoms with Gasteiger partial charge in [0.15, 0.2) is 32.7 Å². The van der Waals surface area contributed by atoms with Crippen LogP contribution in [-0.4, -0.2) is 53.6 Å². The molecule has 0 saturated carbocycles. The number of benzene rings is 2. The number of aliphatic carboxylic acids is 1. The maximum atomic E-state index is 13.3. The monoisotopic (exact) mass is 620 g/mol. The lowest BCUT2D eigenvalue weighted by Crippen LogP contribution is -2.75. The molecule has 1 saturated heterocycles. The number of β-lactam (4-membered cyclic amide) rings is 1. The zero-order valence-corrected chi connectivity index (χ0v) is 23.8. The molecule has 2 aromatic carbocycles. The number of hydrogen-bond donors (Lipinski definition) is 2. The van der Waals surface area contributed by atoms with Gasteiger partial charge in [-0.1, -0.05) is 102 Å². The molecule has 0 bridgehead atoms. The smallest absolute Gasteiger partial charge is 0.330 e. The second kappa shape index (κ2) is 13.4. The van der Waals surface area contributed by atoms with E-state index in [9.17, 15) is 24.0 Å². The van der Waals surface area contributed by atoms with Crippen molar-refractivity contribution in [2.45, 2.75) is 47.3 Å². The quantitative estimate of drug-likeness (QED) is 0.163. The minimum absolute atomic E-state index is 0.109. The highest BCUT2D eigenvalue weighted by molar-refractivity contribution is 8.14. The summed E-state index contributed by atoms with van der Waals surface area (Å²) in [5, 5.41) is 11.0. The number of carbonyl (C=O) groups is 3. The van der Waals surface area contributed by atoms with Gasteiger partial charge in [0.1, 0.15) is 0 Å². The Morgan fingerprint density at radius 3 is 2.26 bits per heavy atom. The van der Waals surface area contributed by atoms with Gasteiger partial charge in [-0.05, 0) is 23.6 Å². The number of likely N-dealkylation sites (tertiary alicyclic amines) is 1. The summed E-state index contributed by atoms with van der Waals surface area (Å²) in [6.45, 7) is 1.54. The van der Waals surface area contributed by atoms with E-state index in [0.29, 0.717) is 5.56 Å². The minimum Gasteiger partial charge on any atom is -0.597 e. The van der Waals surface area contributed by atoms with E-state index in [1.165, 1.54) is 13.0 Å². The second-order valence-electron chi connectivity index (χ2n) is 8.47. The van der Waals surface area contributed by atoms with E-state index in [2.05, 4.69) is 5.32 Å². The average molecular weight is 622 g/mol. The van der Waals surface area contributed by atoms with Crippen molar-refractivity contribution in [1.29, 1.82) is 0 Å². The van der Waals surface area contributed by atoms with Crippen LogP contribution >= 0.6 is 45.5 Å². The summed E-state index contributed by atoms with van der Waals surface area (Å²) in [6.07, 6.45) is 0.132. The summed E-state index contributed by atoms with van der Waals surface area (Å²) >= 11 is 17.3. The molecule has 0 aliphatic carbocycles. The predicted octanol–water partition coefficient (Wildman–Crippen LogP) is 4.66. The van der Waals surface area contributed by atoms with E-state index in [-0.39, 0.29) is 18.6 Å². The van der Waals surface area contributed by atoms with Crippen LogP contribution in [0.2, 0.25) is 0 Å². The van der Waals surface area contributed by atoms with Crippen LogP contribution < -0.4 is 5.32 Å². The number of rotatable bonds is 11. The Morgan fingerprint density at radius 2 is 1.74 bits per heavy atom. The first kappa shape index (κ1) is 30.6. The Morgan fingerprint density at radius 1 is 1.16 bits per heavy atom. The molecule has 0 spiro atoms. The molecule has 204 valence electrons. The van der Waals surface area contributed by atoms with Gasteiger partial charge in [0.25, 0.3) is 11.8 Å². The summed E-state index contributed by atoms with van der Waals surface area (Å²) in [5.41, 5.74) is 1.53. The zero-order chi connectivity index (χ0) is 28.0. The molecule has 1 aliphatic rings. The zero-order valence-electron chi connectivity index (χ0n) is 19.9. The van der Waals surface area contributed by atoms with Gasteiger partial charge >= 0.3 is 5.97 Å². The molecule has 8 nitrogen and oxygen atoms in total. The number of ether oxygens (including phenoxy) is 1. The van der Waals surface area contributed by atoms with Crippen LogP contribution in [0.25, 0.3) is 0 Å². The number of nitrogens with zero attached hydrogens (tertiary/aromatic N) is 1. The summed E-state index contributed by atoms with van der Waals surface area (Å²) in [5.74, 6) is -2.85. The number of amides is 2. The van der Waals surface area contributed by atoms with Crippen molar-refractivity contribution in [3.05, 3.63) is 83.4 Å². The first-order valence-corrected chi connectivity index (χ1v) is 14.4. The molecule has 0 aromatic heterocycles. The molecular weight excluding hydrogens is 598 g/mol. The predicted molar refractivity (Wildman–Crippen MR) is 147 cm³/mol. The van der Waals surface area contributed by atoms with Gasteiger partial charge < -0.3 is 19.7 Å². The molecule has 1 heterocycles. The van der Waals surface area contributed by atoms with E-state index in [1.54, 1.807) is 30.3 Å². The number of halogens is 4. The maximum absolute atomic E-state index is 13.3. The molecule has 2 aromatic rings. The number of allylic oxidation sites excluding steroid dienone is 1. The topological polar surface area (TPSA) is 119 Å². The molecule has 1 aliphatic heterocycles. The van der Waals surface area contributed by atoms with Crippen molar-refractivity contribution in [1.82, 2.24) is 10.2 Å². The van der Waals surface area contributed by atoms with E-state index in [1.807, 2.05) is 30.3 Å². The van der Waals surface area contributed by atoms with Gasteiger partial charge in [0.2, 0.25) is 5.37 Å². The molecule has 5 unspecified atom stereocenters. The fourth-order valence-electron chi connectivity index (χ4n) is 3.95. The van der Waals surface area contributed by atoms with E-state index in [4.69, 9.17) is 50.2 Å². The van der Waals surface area contributed by atoms with E-state index >= 15 is 0 Å². The molecule has 1 fully saturated rings. The van der Waals surface area contributed by atoms with Gasteiger partial charge in [-0.2, -0.15) is 0 Å². The number of nitrogens with one attached hydrogen (secondary N) is 1. The molecule has 13 heteroatoms. The highest BCUT2D eigenvalue weighted by atomic mass is 35.7. The Labute approximate surface area is 242 Å².